The molecular weight excluding hydrogens is 272 g/mol. The summed E-state index contributed by atoms with van der Waals surface area (Å²) in [5, 5.41) is 7.07. The van der Waals surface area contributed by atoms with Crippen LogP contribution in [0.25, 0.3) is 0 Å². The summed E-state index contributed by atoms with van der Waals surface area (Å²) in [6.07, 6.45) is 5.23. The zero-order valence-corrected chi connectivity index (χ0v) is 12.3. The molecule has 1 N–H and O–H groups in total. The molecule has 7 heteroatoms. The molecule has 0 saturated carbocycles. The molecule has 2 rings (SSSR count). The minimum atomic E-state index is -0.263. The average molecular weight is 294 g/mol. The minimum Gasteiger partial charge on any atom is -0.450 e. The van der Waals surface area contributed by atoms with Crippen molar-refractivity contribution in [3.05, 3.63) is 18.5 Å². The summed E-state index contributed by atoms with van der Waals surface area (Å²) in [6.45, 7) is 4.03. The van der Waals surface area contributed by atoms with Gasteiger partial charge >= 0.3 is 6.09 Å². The summed E-state index contributed by atoms with van der Waals surface area (Å²) in [4.78, 5) is 25.1. The third-order valence-electron chi connectivity index (χ3n) is 3.51. The molecule has 2 amide bonds. The number of hydrogen-bond donors (Lipinski definition) is 1. The van der Waals surface area contributed by atoms with Crippen LogP contribution in [-0.2, 0) is 16.1 Å². The summed E-state index contributed by atoms with van der Waals surface area (Å²) in [7, 11) is 0. The number of carbonyl (C=O) groups excluding carboxylic acids is 2. The van der Waals surface area contributed by atoms with Crippen LogP contribution in [0.5, 0.6) is 0 Å². The Bertz CT molecular complexity index is 453. The van der Waals surface area contributed by atoms with Gasteiger partial charge in [0.2, 0.25) is 5.91 Å². The second-order valence-electron chi connectivity index (χ2n) is 5.05. The van der Waals surface area contributed by atoms with Crippen molar-refractivity contribution in [1.29, 1.82) is 0 Å². The monoisotopic (exact) mass is 294 g/mol. The number of nitrogens with zero attached hydrogens (tertiary/aromatic N) is 3. The van der Waals surface area contributed by atoms with E-state index in [1.807, 2.05) is 12.3 Å². The molecule has 21 heavy (non-hydrogen) atoms. The van der Waals surface area contributed by atoms with Gasteiger partial charge in [0, 0.05) is 44.5 Å². The van der Waals surface area contributed by atoms with E-state index in [-0.39, 0.29) is 18.0 Å². The molecule has 0 bridgehead atoms. The molecule has 1 aromatic rings. The first-order valence-electron chi connectivity index (χ1n) is 7.37. The zero-order valence-electron chi connectivity index (χ0n) is 12.3. The summed E-state index contributed by atoms with van der Waals surface area (Å²) < 4.78 is 6.71. The highest BCUT2D eigenvalue weighted by Gasteiger charge is 2.24. The number of likely N-dealkylation sites (tertiary alicyclic amines) is 1. The summed E-state index contributed by atoms with van der Waals surface area (Å²) in [6, 6.07) is 1.98. The Morgan fingerprint density at radius 3 is 2.76 bits per heavy atom. The molecule has 0 aliphatic carbocycles. The van der Waals surface area contributed by atoms with Gasteiger partial charge in [-0.05, 0) is 25.8 Å². The lowest BCUT2D eigenvalue weighted by Crippen LogP contribution is -2.46. The Kier molecular flexibility index (Phi) is 5.59. The maximum absolute atomic E-state index is 11.9. The number of aryl methyl sites for hydroxylation is 1. The van der Waals surface area contributed by atoms with E-state index in [0.29, 0.717) is 32.7 Å². The van der Waals surface area contributed by atoms with Gasteiger partial charge in [-0.1, -0.05) is 0 Å². The Morgan fingerprint density at radius 2 is 2.14 bits per heavy atom. The van der Waals surface area contributed by atoms with Gasteiger partial charge < -0.3 is 15.0 Å². The molecule has 1 aromatic heterocycles. The van der Waals surface area contributed by atoms with Crippen molar-refractivity contribution in [1.82, 2.24) is 20.0 Å². The second-order valence-corrected chi connectivity index (χ2v) is 5.05. The number of ether oxygens (including phenoxy) is 1. The average Bonchev–Trinajstić information content (AvgIpc) is 2.99. The van der Waals surface area contributed by atoms with E-state index in [4.69, 9.17) is 4.74 Å². The lowest BCUT2D eigenvalue weighted by Gasteiger charge is -2.31. The minimum absolute atomic E-state index is 0.0279. The predicted molar refractivity (Wildman–Crippen MR) is 76.6 cm³/mol. The molecule has 0 unspecified atom stereocenters. The number of hydrogen-bond acceptors (Lipinski definition) is 4. The number of aromatic nitrogens is 2. The van der Waals surface area contributed by atoms with Crippen molar-refractivity contribution >= 4 is 12.0 Å². The molecule has 0 spiro atoms. The van der Waals surface area contributed by atoms with Crippen LogP contribution in [-0.4, -0.2) is 52.4 Å². The molecule has 1 aliphatic rings. The molecule has 0 atom stereocenters. The molecule has 0 aromatic carbocycles. The lowest BCUT2D eigenvalue weighted by molar-refractivity contribution is -0.122. The third kappa shape index (κ3) is 4.77. The maximum Gasteiger partial charge on any atom is 0.409 e. The van der Waals surface area contributed by atoms with Gasteiger partial charge in [0.1, 0.15) is 0 Å². The molecular formula is C14H22N4O3. The fraction of sp³-hybridized carbons (Fsp3) is 0.643. The van der Waals surface area contributed by atoms with Gasteiger partial charge in [0.15, 0.2) is 0 Å². The fourth-order valence-electron chi connectivity index (χ4n) is 2.37. The van der Waals surface area contributed by atoms with Crippen molar-refractivity contribution in [2.24, 2.45) is 0 Å². The van der Waals surface area contributed by atoms with Gasteiger partial charge in [0.25, 0.3) is 0 Å². The van der Waals surface area contributed by atoms with Crippen LogP contribution in [0.15, 0.2) is 18.5 Å². The van der Waals surface area contributed by atoms with E-state index < -0.39 is 0 Å². The van der Waals surface area contributed by atoms with Gasteiger partial charge in [0.05, 0.1) is 6.61 Å². The number of carbonyl (C=O) groups is 2. The van der Waals surface area contributed by atoms with E-state index in [1.165, 1.54) is 0 Å². The van der Waals surface area contributed by atoms with Gasteiger partial charge in [-0.15, -0.1) is 0 Å². The van der Waals surface area contributed by atoms with E-state index in [2.05, 4.69) is 10.4 Å². The third-order valence-corrected chi connectivity index (χ3v) is 3.51. The van der Waals surface area contributed by atoms with E-state index in [0.717, 1.165) is 12.8 Å². The van der Waals surface area contributed by atoms with Crippen LogP contribution in [0.2, 0.25) is 0 Å². The standard InChI is InChI=1S/C14H22N4O3/c1-2-21-14(20)17-9-4-12(5-10-17)16-13(19)6-11-18-8-3-7-15-18/h3,7-8,12H,2,4-6,9-11H2,1H3,(H,16,19). The van der Waals surface area contributed by atoms with Crippen molar-refractivity contribution in [3.8, 4) is 0 Å². The van der Waals surface area contributed by atoms with E-state index in [1.54, 1.807) is 22.7 Å². The van der Waals surface area contributed by atoms with E-state index in [9.17, 15) is 9.59 Å². The molecule has 0 radical (unpaired) electrons. The molecule has 2 heterocycles. The van der Waals surface area contributed by atoms with Gasteiger partial charge in [-0.3, -0.25) is 9.48 Å². The number of amides is 2. The highest BCUT2D eigenvalue weighted by atomic mass is 16.6. The van der Waals surface area contributed by atoms with Crippen molar-refractivity contribution < 1.29 is 14.3 Å². The van der Waals surface area contributed by atoms with Crippen molar-refractivity contribution in [3.63, 3.8) is 0 Å². The SMILES string of the molecule is CCOC(=O)N1CCC(NC(=O)CCn2cccn2)CC1. The smallest absolute Gasteiger partial charge is 0.409 e. The summed E-state index contributed by atoms with van der Waals surface area (Å²) >= 11 is 0. The second kappa shape index (κ2) is 7.66. The predicted octanol–water partition coefficient (Wildman–Crippen LogP) is 1.01. The Hall–Kier alpha value is -2.05. The highest BCUT2D eigenvalue weighted by Crippen LogP contribution is 2.11. The number of rotatable bonds is 5. The van der Waals surface area contributed by atoms with Crippen LogP contribution in [0.1, 0.15) is 26.2 Å². The fourth-order valence-corrected chi connectivity index (χ4v) is 2.37. The summed E-state index contributed by atoms with van der Waals surface area (Å²) in [5.41, 5.74) is 0. The first kappa shape index (κ1) is 15.3. The van der Waals surface area contributed by atoms with Crippen molar-refractivity contribution in [2.75, 3.05) is 19.7 Å². The van der Waals surface area contributed by atoms with Crippen LogP contribution < -0.4 is 5.32 Å². The lowest BCUT2D eigenvalue weighted by atomic mass is 10.1. The summed E-state index contributed by atoms with van der Waals surface area (Å²) in [5.74, 6) is 0.0279. The van der Waals surface area contributed by atoms with Crippen LogP contribution >= 0.6 is 0 Å². The topological polar surface area (TPSA) is 76.5 Å². The molecule has 1 fully saturated rings. The molecule has 7 nitrogen and oxygen atoms in total. The van der Waals surface area contributed by atoms with Gasteiger partial charge in [-0.2, -0.15) is 5.10 Å². The number of nitrogens with one attached hydrogen (secondary N) is 1. The Labute approximate surface area is 124 Å². The first-order chi connectivity index (χ1) is 10.2. The quantitative estimate of drug-likeness (QED) is 0.879. The zero-order chi connectivity index (χ0) is 15.1. The van der Waals surface area contributed by atoms with Crippen LogP contribution in [0.3, 0.4) is 0 Å². The van der Waals surface area contributed by atoms with Crippen LogP contribution in [0.4, 0.5) is 4.79 Å². The molecule has 116 valence electrons. The number of piperidine rings is 1. The molecule has 1 saturated heterocycles. The van der Waals surface area contributed by atoms with Crippen molar-refractivity contribution in [2.45, 2.75) is 38.8 Å². The van der Waals surface area contributed by atoms with E-state index >= 15 is 0 Å². The van der Waals surface area contributed by atoms with Crippen LogP contribution in [0, 0.1) is 0 Å². The molecule has 1 aliphatic heterocycles. The largest absolute Gasteiger partial charge is 0.450 e. The Balaban J connectivity index is 1.66. The Morgan fingerprint density at radius 1 is 1.38 bits per heavy atom. The first-order valence-corrected chi connectivity index (χ1v) is 7.37. The maximum atomic E-state index is 11.9. The normalized spacial score (nSPS) is 15.8. The highest BCUT2D eigenvalue weighted by molar-refractivity contribution is 5.76. The van der Waals surface area contributed by atoms with Gasteiger partial charge in [-0.25, -0.2) is 4.79 Å².